The summed E-state index contributed by atoms with van der Waals surface area (Å²) in [4.78, 5) is 2.16. The van der Waals surface area contributed by atoms with E-state index in [4.69, 9.17) is 9.47 Å². The van der Waals surface area contributed by atoms with E-state index in [-0.39, 0.29) is 0 Å². The molecule has 18 heavy (non-hydrogen) atoms. The highest BCUT2D eigenvalue weighted by molar-refractivity contribution is 7.80. The van der Waals surface area contributed by atoms with Gasteiger partial charge in [-0.25, -0.2) is 0 Å². The summed E-state index contributed by atoms with van der Waals surface area (Å²) in [5, 5.41) is 0. The van der Waals surface area contributed by atoms with Crippen molar-refractivity contribution in [2.75, 3.05) is 33.7 Å². The number of methoxy groups -OCH3 is 2. The van der Waals surface area contributed by atoms with Crippen LogP contribution in [0, 0.1) is 13.8 Å². The number of likely N-dealkylation sites (N-methyl/N-ethyl adjacent to an activating group) is 1. The zero-order valence-electron chi connectivity index (χ0n) is 11.9. The largest absolute Gasteiger partial charge is 0.496 e. The first-order valence-corrected chi connectivity index (χ1v) is 6.68. The molecular weight excluding hydrogens is 246 g/mol. The number of ether oxygens (including phenoxy) is 2. The zero-order valence-corrected chi connectivity index (χ0v) is 12.8. The van der Waals surface area contributed by atoms with E-state index in [1.807, 2.05) is 0 Å². The van der Waals surface area contributed by atoms with Crippen LogP contribution in [-0.2, 0) is 6.42 Å². The third-order valence-electron chi connectivity index (χ3n) is 3.30. The van der Waals surface area contributed by atoms with Crippen LogP contribution in [0.3, 0.4) is 0 Å². The average molecular weight is 269 g/mol. The van der Waals surface area contributed by atoms with Crippen LogP contribution in [0.1, 0.15) is 16.7 Å². The van der Waals surface area contributed by atoms with Crippen LogP contribution in [0.2, 0.25) is 0 Å². The maximum absolute atomic E-state index is 5.53. The molecule has 0 N–H and O–H groups in total. The lowest BCUT2D eigenvalue weighted by Gasteiger charge is -2.19. The molecule has 0 amide bonds. The van der Waals surface area contributed by atoms with Crippen molar-refractivity contribution in [3.05, 3.63) is 22.8 Å². The summed E-state index contributed by atoms with van der Waals surface area (Å²) in [6.45, 7) is 5.08. The number of benzene rings is 1. The molecule has 3 nitrogen and oxygen atoms in total. The first kappa shape index (κ1) is 15.2. The number of thiol groups is 1. The fourth-order valence-electron chi connectivity index (χ4n) is 1.99. The first-order chi connectivity index (χ1) is 8.54. The van der Waals surface area contributed by atoms with E-state index >= 15 is 0 Å². The Hall–Kier alpha value is -0.870. The number of rotatable bonds is 6. The van der Waals surface area contributed by atoms with Crippen LogP contribution in [0.15, 0.2) is 6.07 Å². The van der Waals surface area contributed by atoms with Crippen LogP contribution in [0.25, 0.3) is 0 Å². The van der Waals surface area contributed by atoms with Crippen LogP contribution >= 0.6 is 12.6 Å². The lowest BCUT2D eigenvalue weighted by atomic mass is 10.0. The van der Waals surface area contributed by atoms with Gasteiger partial charge in [-0.1, -0.05) is 0 Å². The van der Waals surface area contributed by atoms with Gasteiger partial charge >= 0.3 is 0 Å². The second kappa shape index (κ2) is 6.90. The molecule has 0 saturated heterocycles. The molecule has 0 heterocycles. The second-order valence-electron chi connectivity index (χ2n) is 4.49. The highest BCUT2D eigenvalue weighted by Crippen LogP contribution is 2.33. The Morgan fingerprint density at radius 2 is 1.83 bits per heavy atom. The molecule has 4 heteroatoms. The minimum atomic E-state index is 0.754. The van der Waals surface area contributed by atoms with Crippen molar-refractivity contribution in [3.63, 3.8) is 0 Å². The van der Waals surface area contributed by atoms with Crippen LogP contribution in [-0.4, -0.2) is 38.6 Å². The van der Waals surface area contributed by atoms with Crippen LogP contribution < -0.4 is 9.47 Å². The van der Waals surface area contributed by atoms with E-state index in [2.05, 4.69) is 44.5 Å². The topological polar surface area (TPSA) is 21.7 Å². The molecule has 0 radical (unpaired) electrons. The lowest BCUT2D eigenvalue weighted by Crippen LogP contribution is -2.19. The molecule has 0 atom stereocenters. The highest BCUT2D eigenvalue weighted by Gasteiger charge is 2.13. The van der Waals surface area contributed by atoms with E-state index in [1.165, 1.54) is 5.56 Å². The molecule has 0 aliphatic rings. The van der Waals surface area contributed by atoms with Crippen LogP contribution in [0.5, 0.6) is 11.5 Å². The Bertz CT molecular complexity index is 407. The first-order valence-electron chi connectivity index (χ1n) is 6.05. The number of hydrogen-bond acceptors (Lipinski definition) is 4. The van der Waals surface area contributed by atoms with Crippen LogP contribution in [0.4, 0.5) is 0 Å². The van der Waals surface area contributed by atoms with E-state index in [0.717, 1.165) is 41.5 Å². The smallest absolute Gasteiger partial charge is 0.125 e. The van der Waals surface area contributed by atoms with Gasteiger partial charge in [-0.2, -0.15) is 12.6 Å². The summed E-state index contributed by atoms with van der Waals surface area (Å²) in [6, 6.07) is 2.08. The summed E-state index contributed by atoms with van der Waals surface area (Å²) in [5.41, 5.74) is 3.48. The molecule has 0 aliphatic heterocycles. The van der Waals surface area contributed by atoms with Gasteiger partial charge < -0.3 is 9.47 Å². The van der Waals surface area contributed by atoms with E-state index in [9.17, 15) is 0 Å². The summed E-state index contributed by atoms with van der Waals surface area (Å²) >= 11 is 4.26. The minimum Gasteiger partial charge on any atom is -0.496 e. The molecule has 0 unspecified atom stereocenters. The summed E-state index contributed by atoms with van der Waals surface area (Å²) in [7, 11) is 5.48. The molecule has 1 aromatic rings. The highest BCUT2D eigenvalue weighted by atomic mass is 32.1. The Kier molecular flexibility index (Phi) is 5.82. The average Bonchev–Trinajstić information content (AvgIpc) is 2.39. The Morgan fingerprint density at radius 3 is 2.33 bits per heavy atom. The molecular formula is C14H23NO2S. The minimum absolute atomic E-state index is 0.754. The predicted molar refractivity (Wildman–Crippen MR) is 79.2 cm³/mol. The number of hydrogen-bond donors (Lipinski definition) is 1. The van der Waals surface area contributed by atoms with Crippen molar-refractivity contribution in [2.45, 2.75) is 20.3 Å². The molecule has 1 rings (SSSR count). The Labute approximate surface area is 115 Å². The van der Waals surface area contributed by atoms with Crippen molar-refractivity contribution < 1.29 is 9.47 Å². The lowest BCUT2D eigenvalue weighted by molar-refractivity contribution is 0.377. The van der Waals surface area contributed by atoms with E-state index in [1.54, 1.807) is 14.2 Å². The van der Waals surface area contributed by atoms with Gasteiger partial charge in [-0.3, -0.25) is 4.90 Å². The van der Waals surface area contributed by atoms with Gasteiger partial charge in [0, 0.05) is 12.4 Å². The standard InChI is InChI=1S/C14H23NO2S/c1-10-11(2)14(17-5)12(8-13(10)16-4)6-7-15(3)9-18/h8,18H,6-7,9H2,1-5H3. The van der Waals surface area contributed by atoms with Crippen molar-refractivity contribution in [1.82, 2.24) is 4.90 Å². The predicted octanol–water partition coefficient (Wildman–Crippen LogP) is 2.68. The van der Waals surface area contributed by atoms with Crippen molar-refractivity contribution in [2.24, 2.45) is 0 Å². The third-order valence-corrected chi connectivity index (χ3v) is 3.78. The molecule has 0 bridgehead atoms. The normalized spacial score (nSPS) is 10.8. The Morgan fingerprint density at radius 1 is 1.17 bits per heavy atom. The molecule has 0 aromatic heterocycles. The Balaban J connectivity index is 3.05. The van der Waals surface area contributed by atoms with Gasteiger partial charge in [-0.15, -0.1) is 0 Å². The van der Waals surface area contributed by atoms with Gasteiger partial charge in [0.05, 0.1) is 14.2 Å². The molecule has 0 spiro atoms. The van der Waals surface area contributed by atoms with Gasteiger partial charge in [0.15, 0.2) is 0 Å². The summed E-state index contributed by atoms with van der Waals surface area (Å²) < 4.78 is 10.9. The molecule has 0 aliphatic carbocycles. The third kappa shape index (κ3) is 3.33. The van der Waals surface area contributed by atoms with Crippen molar-refractivity contribution in [3.8, 4) is 11.5 Å². The van der Waals surface area contributed by atoms with Crippen molar-refractivity contribution in [1.29, 1.82) is 0 Å². The summed E-state index contributed by atoms with van der Waals surface area (Å²) in [5.74, 6) is 2.65. The molecule has 1 aromatic carbocycles. The van der Waals surface area contributed by atoms with E-state index < -0.39 is 0 Å². The number of nitrogens with zero attached hydrogens (tertiary/aromatic N) is 1. The SMILES string of the molecule is COc1cc(CCN(C)CS)c(OC)c(C)c1C. The molecule has 102 valence electrons. The summed E-state index contributed by atoms with van der Waals surface area (Å²) in [6.07, 6.45) is 0.928. The quantitative estimate of drug-likeness (QED) is 0.634. The molecule has 0 fully saturated rings. The zero-order chi connectivity index (χ0) is 13.7. The van der Waals surface area contributed by atoms with Gasteiger partial charge in [0.2, 0.25) is 0 Å². The van der Waals surface area contributed by atoms with Gasteiger partial charge in [0.25, 0.3) is 0 Å². The fraction of sp³-hybridized carbons (Fsp3) is 0.571. The monoisotopic (exact) mass is 269 g/mol. The van der Waals surface area contributed by atoms with E-state index in [0.29, 0.717) is 0 Å². The fourth-order valence-corrected chi connectivity index (χ4v) is 2.13. The van der Waals surface area contributed by atoms with Gasteiger partial charge in [0.1, 0.15) is 11.5 Å². The maximum Gasteiger partial charge on any atom is 0.125 e. The maximum atomic E-state index is 5.53. The molecule has 0 saturated carbocycles. The van der Waals surface area contributed by atoms with Gasteiger partial charge in [-0.05, 0) is 50.1 Å². The second-order valence-corrected chi connectivity index (χ2v) is 4.78. The van der Waals surface area contributed by atoms with Crippen molar-refractivity contribution >= 4 is 12.6 Å².